The number of benzene rings is 1. The molecule has 0 saturated heterocycles. The van der Waals surface area contributed by atoms with Crippen molar-refractivity contribution in [2.45, 2.75) is 27.3 Å². The number of nitrogens with zero attached hydrogens (tertiary/aromatic N) is 3. The lowest BCUT2D eigenvalue weighted by molar-refractivity contribution is 0.731. The number of para-hydroxylation sites is 1. The van der Waals surface area contributed by atoms with Crippen molar-refractivity contribution in [3.63, 3.8) is 0 Å². The average Bonchev–Trinajstić information content (AvgIpc) is 2.86. The van der Waals surface area contributed by atoms with Crippen LogP contribution in [-0.4, -0.2) is 14.3 Å². The van der Waals surface area contributed by atoms with Crippen LogP contribution in [0.1, 0.15) is 22.6 Å². The molecule has 1 N–H and O–H groups in total. The smallest absolute Gasteiger partial charge is 0.0827 e. The van der Waals surface area contributed by atoms with Crippen molar-refractivity contribution in [1.29, 1.82) is 0 Å². The van der Waals surface area contributed by atoms with Crippen molar-refractivity contribution in [1.82, 2.24) is 14.3 Å². The van der Waals surface area contributed by atoms with Gasteiger partial charge in [-0.2, -0.15) is 5.10 Å². The quantitative estimate of drug-likeness (QED) is 0.798. The van der Waals surface area contributed by atoms with Crippen LogP contribution in [0.2, 0.25) is 0 Å². The Labute approximate surface area is 125 Å². The van der Waals surface area contributed by atoms with E-state index >= 15 is 0 Å². The molecule has 21 heavy (non-hydrogen) atoms. The van der Waals surface area contributed by atoms with Gasteiger partial charge in [-0.05, 0) is 32.4 Å². The Balaban J connectivity index is 1.96. The number of aromatic nitrogens is 3. The van der Waals surface area contributed by atoms with Crippen molar-refractivity contribution in [2.24, 2.45) is 14.1 Å². The minimum Gasteiger partial charge on any atom is -0.376 e. The van der Waals surface area contributed by atoms with Gasteiger partial charge in [0.2, 0.25) is 0 Å². The topological polar surface area (TPSA) is 34.8 Å². The number of hydrogen-bond donors (Lipinski definition) is 1. The second-order valence-corrected chi connectivity index (χ2v) is 5.67. The van der Waals surface area contributed by atoms with Crippen LogP contribution in [0.3, 0.4) is 0 Å². The highest BCUT2D eigenvalue weighted by Crippen LogP contribution is 2.26. The van der Waals surface area contributed by atoms with E-state index in [0.717, 1.165) is 17.9 Å². The molecule has 3 rings (SSSR count). The zero-order valence-electron chi connectivity index (χ0n) is 13.4. The van der Waals surface area contributed by atoms with Crippen molar-refractivity contribution in [3.05, 3.63) is 46.9 Å². The summed E-state index contributed by atoms with van der Waals surface area (Å²) in [5.41, 5.74) is 7.31. The molecule has 0 atom stereocenters. The molecule has 0 amide bonds. The van der Waals surface area contributed by atoms with E-state index in [0.29, 0.717) is 0 Å². The zero-order valence-corrected chi connectivity index (χ0v) is 13.4. The number of rotatable bonds is 3. The van der Waals surface area contributed by atoms with Gasteiger partial charge < -0.3 is 9.88 Å². The predicted molar refractivity (Wildman–Crippen MR) is 87.7 cm³/mol. The summed E-state index contributed by atoms with van der Waals surface area (Å²) >= 11 is 0. The summed E-state index contributed by atoms with van der Waals surface area (Å²) in [6.45, 7) is 7.15. The van der Waals surface area contributed by atoms with E-state index in [9.17, 15) is 0 Å². The number of nitrogens with one attached hydrogen (secondary N) is 1. The van der Waals surface area contributed by atoms with Gasteiger partial charge in [0, 0.05) is 30.7 Å². The lowest BCUT2D eigenvalue weighted by atomic mass is 10.1. The van der Waals surface area contributed by atoms with Crippen molar-refractivity contribution < 1.29 is 0 Å². The Hall–Kier alpha value is -2.23. The molecule has 3 aromatic rings. The fraction of sp³-hybridized carbons (Fsp3) is 0.353. The first-order chi connectivity index (χ1) is 10.0. The molecule has 0 fully saturated rings. The highest BCUT2D eigenvalue weighted by Gasteiger charge is 2.13. The molecular weight excluding hydrogens is 260 g/mol. The standard InChI is InChI=1S/C17H22N4/c1-11-14-8-6-7-9-15(14)20(4)16(11)10-18-17-12(2)19-21(5)13(17)3/h6-9,18H,10H2,1-5H3. The van der Waals surface area contributed by atoms with Gasteiger partial charge in [0.25, 0.3) is 0 Å². The Kier molecular flexibility index (Phi) is 3.24. The van der Waals surface area contributed by atoms with E-state index < -0.39 is 0 Å². The van der Waals surface area contributed by atoms with Crippen LogP contribution in [0.4, 0.5) is 5.69 Å². The summed E-state index contributed by atoms with van der Waals surface area (Å²) in [7, 11) is 4.12. The summed E-state index contributed by atoms with van der Waals surface area (Å²) in [5, 5.41) is 9.34. The number of fused-ring (bicyclic) bond motifs is 1. The molecule has 0 aliphatic rings. The molecule has 2 aromatic heterocycles. The van der Waals surface area contributed by atoms with Crippen molar-refractivity contribution in [3.8, 4) is 0 Å². The molecule has 0 unspecified atom stereocenters. The van der Waals surface area contributed by atoms with Gasteiger partial charge in [-0.3, -0.25) is 4.68 Å². The molecule has 0 spiro atoms. The Morgan fingerprint density at radius 2 is 1.81 bits per heavy atom. The largest absolute Gasteiger partial charge is 0.376 e. The van der Waals surface area contributed by atoms with Gasteiger partial charge in [-0.1, -0.05) is 18.2 Å². The highest BCUT2D eigenvalue weighted by molar-refractivity contribution is 5.85. The molecule has 1 aromatic carbocycles. The van der Waals surface area contributed by atoms with Crippen LogP contribution in [0.25, 0.3) is 10.9 Å². The molecule has 0 radical (unpaired) electrons. The van der Waals surface area contributed by atoms with Crippen molar-refractivity contribution >= 4 is 16.6 Å². The summed E-state index contributed by atoms with van der Waals surface area (Å²) < 4.78 is 4.20. The highest BCUT2D eigenvalue weighted by atomic mass is 15.3. The van der Waals surface area contributed by atoms with Crippen LogP contribution < -0.4 is 5.32 Å². The maximum absolute atomic E-state index is 4.46. The predicted octanol–water partition coefficient (Wildman–Crippen LogP) is 3.45. The molecular formula is C17H22N4. The van der Waals surface area contributed by atoms with E-state index in [4.69, 9.17) is 0 Å². The van der Waals surface area contributed by atoms with Crippen LogP contribution in [0, 0.1) is 20.8 Å². The fourth-order valence-electron chi connectivity index (χ4n) is 3.09. The minimum absolute atomic E-state index is 0.810. The van der Waals surface area contributed by atoms with Gasteiger partial charge in [0.15, 0.2) is 0 Å². The summed E-state index contributed by atoms with van der Waals surface area (Å²) in [5.74, 6) is 0. The summed E-state index contributed by atoms with van der Waals surface area (Å²) in [6, 6.07) is 8.55. The minimum atomic E-state index is 0.810. The van der Waals surface area contributed by atoms with Gasteiger partial charge in [-0.15, -0.1) is 0 Å². The van der Waals surface area contributed by atoms with Gasteiger partial charge in [-0.25, -0.2) is 0 Å². The van der Waals surface area contributed by atoms with E-state index in [1.807, 2.05) is 18.7 Å². The van der Waals surface area contributed by atoms with Gasteiger partial charge in [0.1, 0.15) is 0 Å². The average molecular weight is 282 g/mol. The van der Waals surface area contributed by atoms with Crippen molar-refractivity contribution in [2.75, 3.05) is 5.32 Å². The number of aryl methyl sites for hydroxylation is 4. The van der Waals surface area contributed by atoms with Crippen LogP contribution >= 0.6 is 0 Å². The molecule has 0 aliphatic heterocycles. The maximum Gasteiger partial charge on any atom is 0.0827 e. The molecule has 110 valence electrons. The van der Waals surface area contributed by atoms with E-state index in [2.05, 4.69) is 60.1 Å². The van der Waals surface area contributed by atoms with E-state index in [1.165, 1.54) is 27.9 Å². The second-order valence-electron chi connectivity index (χ2n) is 5.67. The normalized spacial score (nSPS) is 11.3. The Bertz CT molecular complexity index is 769. The third-order valence-corrected chi connectivity index (χ3v) is 4.45. The number of hydrogen-bond acceptors (Lipinski definition) is 2. The monoisotopic (exact) mass is 282 g/mol. The molecule has 0 aliphatic carbocycles. The Morgan fingerprint density at radius 3 is 2.43 bits per heavy atom. The van der Waals surface area contributed by atoms with Crippen LogP contribution in [0.15, 0.2) is 24.3 Å². The molecule has 2 heterocycles. The molecule has 4 nitrogen and oxygen atoms in total. The first-order valence-corrected chi connectivity index (χ1v) is 7.27. The van der Waals surface area contributed by atoms with Crippen LogP contribution in [0.5, 0.6) is 0 Å². The SMILES string of the molecule is Cc1nn(C)c(C)c1NCc1c(C)c2ccccc2n1C. The van der Waals surface area contributed by atoms with Gasteiger partial charge in [0.05, 0.1) is 23.6 Å². The van der Waals surface area contributed by atoms with Crippen LogP contribution in [-0.2, 0) is 20.6 Å². The molecule has 0 saturated carbocycles. The zero-order chi connectivity index (χ0) is 15.1. The Morgan fingerprint density at radius 1 is 1.10 bits per heavy atom. The number of anilines is 1. The van der Waals surface area contributed by atoms with E-state index in [1.54, 1.807) is 0 Å². The lowest BCUT2D eigenvalue weighted by Crippen LogP contribution is -2.07. The molecule has 4 heteroatoms. The summed E-state index contributed by atoms with van der Waals surface area (Å²) in [4.78, 5) is 0. The van der Waals surface area contributed by atoms with E-state index in [-0.39, 0.29) is 0 Å². The lowest BCUT2D eigenvalue weighted by Gasteiger charge is -2.09. The molecule has 0 bridgehead atoms. The van der Waals surface area contributed by atoms with Gasteiger partial charge >= 0.3 is 0 Å². The maximum atomic E-state index is 4.46. The second kappa shape index (κ2) is 4.95. The third-order valence-electron chi connectivity index (χ3n) is 4.45. The first-order valence-electron chi connectivity index (χ1n) is 7.27. The first kappa shape index (κ1) is 13.7. The fourth-order valence-corrected chi connectivity index (χ4v) is 3.09. The third kappa shape index (κ3) is 2.11. The summed E-state index contributed by atoms with van der Waals surface area (Å²) in [6.07, 6.45) is 0.